The van der Waals surface area contributed by atoms with Crippen LogP contribution in [-0.2, 0) is 0 Å². The second-order valence-electron chi connectivity index (χ2n) is 4.25. The molecule has 0 bridgehead atoms. The van der Waals surface area contributed by atoms with E-state index in [1.165, 1.54) is 18.4 Å². The Morgan fingerprint density at radius 2 is 2.13 bits per heavy atom. The maximum Gasteiger partial charge on any atom is 0.180 e. The van der Waals surface area contributed by atoms with Gasteiger partial charge in [-0.1, -0.05) is 18.2 Å². The van der Waals surface area contributed by atoms with Crippen molar-refractivity contribution in [2.75, 3.05) is 6.54 Å². The number of rotatable bonds is 0. The van der Waals surface area contributed by atoms with Gasteiger partial charge in [0.25, 0.3) is 0 Å². The van der Waals surface area contributed by atoms with Crippen molar-refractivity contribution in [3.05, 3.63) is 35.9 Å². The Morgan fingerprint density at radius 1 is 1.20 bits per heavy atom. The van der Waals surface area contributed by atoms with Crippen LogP contribution in [0.1, 0.15) is 24.8 Å². The molecule has 1 fully saturated rings. The number of benzene rings is 1. The number of nitrogens with one attached hydrogen (secondary N) is 1. The zero-order valence-corrected chi connectivity index (χ0v) is 8.70. The first-order valence-corrected chi connectivity index (χ1v) is 5.60. The van der Waals surface area contributed by atoms with Crippen molar-refractivity contribution in [2.45, 2.75) is 25.0 Å². The highest BCUT2D eigenvalue weighted by atomic mass is 16.5. The fraction of sp³-hybridized carbons (Fsp3) is 0.385. The topological polar surface area (TPSA) is 21.3 Å². The van der Waals surface area contributed by atoms with E-state index < -0.39 is 0 Å². The summed E-state index contributed by atoms with van der Waals surface area (Å²) in [6.45, 7) is 1.05. The zero-order chi connectivity index (χ0) is 10.1. The summed E-state index contributed by atoms with van der Waals surface area (Å²) in [7, 11) is 0. The van der Waals surface area contributed by atoms with E-state index in [0.29, 0.717) is 0 Å². The lowest BCUT2D eigenvalue weighted by molar-refractivity contribution is 0.0521. The van der Waals surface area contributed by atoms with Crippen LogP contribution in [0.2, 0.25) is 0 Å². The maximum absolute atomic E-state index is 6.06. The molecule has 15 heavy (non-hydrogen) atoms. The quantitative estimate of drug-likeness (QED) is 0.696. The number of hydrogen-bond acceptors (Lipinski definition) is 2. The van der Waals surface area contributed by atoms with Crippen LogP contribution in [0, 0.1) is 0 Å². The minimum absolute atomic E-state index is 0.230. The highest BCUT2D eigenvalue weighted by molar-refractivity contribution is 5.60. The summed E-state index contributed by atoms with van der Waals surface area (Å²) in [4.78, 5) is 0. The van der Waals surface area contributed by atoms with Gasteiger partial charge >= 0.3 is 0 Å². The molecule has 1 spiro atoms. The van der Waals surface area contributed by atoms with Crippen molar-refractivity contribution < 1.29 is 4.74 Å². The zero-order valence-electron chi connectivity index (χ0n) is 8.70. The molecule has 0 radical (unpaired) electrons. The van der Waals surface area contributed by atoms with Crippen LogP contribution >= 0.6 is 0 Å². The molecule has 2 aliphatic rings. The highest BCUT2D eigenvalue weighted by Crippen LogP contribution is 2.33. The van der Waals surface area contributed by atoms with Gasteiger partial charge in [0.15, 0.2) is 5.72 Å². The number of hydrogen-bond donors (Lipinski definition) is 1. The normalized spacial score (nSPS) is 28.5. The van der Waals surface area contributed by atoms with Crippen LogP contribution in [0.5, 0.6) is 5.75 Å². The summed E-state index contributed by atoms with van der Waals surface area (Å²) < 4.78 is 6.06. The second kappa shape index (κ2) is 3.38. The summed E-state index contributed by atoms with van der Waals surface area (Å²) in [5.41, 5.74) is 0.947. The first-order chi connectivity index (χ1) is 7.38. The number of fused-ring (bicyclic) bond motifs is 1. The lowest BCUT2D eigenvalue weighted by Crippen LogP contribution is -2.52. The third-order valence-electron chi connectivity index (χ3n) is 3.14. The van der Waals surface area contributed by atoms with E-state index >= 15 is 0 Å². The van der Waals surface area contributed by atoms with Gasteiger partial charge in [-0.05, 0) is 37.6 Å². The summed E-state index contributed by atoms with van der Waals surface area (Å²) >= 11 is 0. The molecule has 0 aromatic heterocycles. The molecule has 2 heterocycles. The average molecular weight is 201 g/mol. The molecule has 1 N–H and O–H groups in total. The van der Waals surface area contributed by atoms with Crippen molar-refractivity contribution in [3.8, 4) is 5.75 Å². The van der Waals surface area contributed by atoms with E-state index in [9.17, 15) is 0 Å². The van der Waals surface area contributed by atoms with E-state index in [-0.39, 0.29) is 5.72 Å². The molecule has 1 unspecified atom stereocenters. The minimum atomic E-state index is -0.230. The summed E-state index contributed by atoms with van der Waals surface area (Å²) in [6, 6.07) is 8.19. The van der Waals surface area contributed by atoms with Crippen molar-refractivity contribution in [3.63, 3.8) is 0 Å². The lowest BCUT2D eigenvalue weighted by atomic mass is 9.97. The molecule has 2 nitrogen and oxygen atoms in total. The standard InChI is InChI=1S/C13H15NO/c1-2-6-12-11(5-1)7-9-13(15-12)8-3-4-10-14-13/h1-2,5-7,9,14H,3-4,8,10H2. The van der Waals surface area contributed by atoms with Gasteiger partial charge in [-0.2, -0.15) is 0 Å². The van der Waals surface area contributed by atoms with Gasteiger partial charge < -0.3 is 4.74 Å². The summed E-state index contributed by atoms with van der Waals surface area (Å²) in [6.07, 6.45) is 7.88. The Hall–Kier alpha value is -1.28. The van der Waals surface area contributed by atoms with Gasteiger partial charge in [0.1, 0.15) is 5.75 Å². The summed E-state index contributed by atoms with van der Waals surface area (Å²) in [5.74, 6) is 0.995. The number of para-hydroxylation sites is 1. The second-order valence-corrected chi connectivity index (χ2v) is 4.25. The SMILES string of the molecule is C1=CC2(CCCCN2)Oc2ccccc21. The first-order valence-electron chi connectivity index (χ1n) is 5.60. The molecule has 2 aliphatic heterocycles. The van der Waals surface area contributed by atoms with Gasteiger partial charge in [0.05, 0.1) is 0 Å². The molecule has 1 aromatic rings. The van der Waals surface area contributed by atoms with Gasteiger partial charge in [0, 0.05) is 12.0 Å². The molecule has 3 rings (SSSR count). The molecule has 0 amide bonds. The molecule has 1 saturated heterocycles. The van der Waals surface area contributed by atoms with Crippen molar-refractivity contribution in [1.82, 2.24) is 5.32 Å². The third kappa shape index (κ3) is 1.55. The van der Waals surface area contributed by atoms with Crippen molar-refractivity contribution in [1.29, 1.82) is 0 Å². The predicted molar refractivity (Wildman–Crippen MR) is 60.7 cm³/mol. The Balaban J connectivity index is 1.94. The Labute approximate surface area is 89.9 Å². The Bertz CT molecular complexity index is 391. The summed E-state index contributed by atoms with van der Waals surface area (Å²) in [5, 5.41) is 3.47. The molecule has 78 valence electrons. The smallest absolute Gasteiger partial charge is 0.180 e. The maximum atomic E-state index is 6.06. The number of piperidine rings is 1. The van der Waals surface area contributed by atoms with Gasteiger partial charge in [0.2, 0.25) is 0 Å². The van der Waals surface area contributed by atoms with Gasteiger partial charge in [-0.15, -0.1) is 0 Å². The molecule has 0 saturated carbocycles. The molecule has 1 atom stereocenters. The largest absolute Gasteiger partial charge is 0.469 e. The molecule has 2 heteroatoms. The first kappa shape index (κ1) is 8.98. The average Bonchev–Trinajstić information content (AvgIpc) is 2.30. The molecule has 1 aromatic carbocycles. The van der Waals surface area contributed by atoms with Crippen LogP contribution in [0.4, 0.5) is 0 Å². The van der Waals surface area contributed by atoms with E-state index in [0.717, 1.165) is 18.7 Å². The Kier molecular flexibility index (Phi) is 2.03. The van der Waals surface area contributed by atoms with Gasteiger partial charge in [-0.3, -0.25) is 5.32 Å². The minimum Gasteiger partial charge on any atom is -0.469 e. The molecular formula is C13H15NO. The van der Waals surface area contributed by atoms with Crippen LogP contribution in [0.25, 0.3) is 6.08 Å². The van der Waals surface area contributed by atoms with E-state index in [4.69, 9.17) is 4.74 Å². The predicted octanol–water partition coefficient (Wildman–Crippen LogP) is 2.56. The van der Waals surface area contributed by atoms with E-state index in [1.54, 1.807) is 0 Å². The molecule has 0 aliphatic carbocycles. The Morgan fingerprint density at radius 3 is 3.00 bits per heavy atom. The van der Waals surface area contributed by atoms with Crippen molar-refractivity contribution in [2.24, 2.45) is 0 Å². The fourth-order valence-corrected chi connectivity index (χ4v) is 2.30. The van der Waals surface area contributed by atoms with Crippen LogP contribution < -0.4 is 10.1 Å². The van der Waals surface area contributed by atoms with Crippen LogP contribution in [-0.4, -0.2) is 12.3 Å². The van der Waals surface area contributed by atoms with E-state index in [2.05, 4.69) is 23.5 Å². The third-order valence-corrected chi connectivity index (χ3v) is 3.14. The van der Waals surface area contributed by atoms with Crippen LogP contribution in [0.3, 0.4) is 0 Å². The van der Waals surface area contributed by atoms with E-state index in [1.807, 2.05) is 18.2 Å². The van der Waals surface area contributed by atoms with Crippen LogP contribution in [0.15, 0.2) is 30.3 Å². The monoisotopic (exact) mass is 201 g/mol. The number of ether oxygens (including phenoxy) is 1. The van der Waals surface area contributed by atoms with Gasteiger partial charge in [-0.25, -0.2) is 0 Å². The molecular weight excluding hydrogens is 186 g/mol. The fourth-order valence-electron chi connectivity index (χ4n) is 2.30. The van der Waals surface area contributed by atoms with Crippen molar-refractivity contribution >= 4 is 6.08 Å². The highest BCUT2D eigenvalue weighted by Gasteiger charge is 2.33. The lowest BCUT2D eigenvalue weighted by Gasteiger charge is -2.38.